The summed E-state index contributed by atoms with van der Waals surface area (Å²) in [4.78, 5) is 11.6. The summed E-state index contributed by atoms with van der Waals surface area (Å²) >= 11 is 2.61. The van der Waals surface area contributed by atoms with Crippen LogP contribution >= 0.6 is 15.9 Å². The molecule has 0 aliphatic carbocycles. The van der Waals surface area contributed by atoms with E-state index in [9.17, 15) is 18.0 Å². The molecule has 2 aromatic heterocycles. The minimum absolute atomic E-state index is 0.428. The summed E-state index contributed by atoms with van der Waals surface area (Å²) in [5.41, 5.74) is -1.29. The molecule has 7 nitrogen and oxygen atoms in total. The Hall–Kier alpha value is -1.78. The van der Waals surface area contributed by atoms with Crippen LogP contribution < -0.4 is 0 Å². The highest BCUT2D eigenvalue weighted by Gasteiger charge is 2.39. The zero-order valence-corrected chi connectivity index (χ0v) is 9.34. The standard InChI is InChI=1S/C6H2BrF3N6O/c7-4-3(6(8,9)10)12-14-16(4)5(17)15-2-1-11-13-15/h1-2H. The van der Waals surface area contributed by atoms with Gasteiger partial charge in [0, 0.05) is 0 Å². The Morgan fingerprint density at radius 3 is 2.53 bits per heavy atom. The van der Waals surface area contributed by atoms with Crippen molar-refractivity contribution in [2.75, 3.05) is 0 Å². The molecule has 0 aliphatic heterocycles. The van der Waals surface area contributed by atoms with Crippen LogP contribution in [0.5, 0.6) is 0 Å². The summed E-state index contributed by atoms with van der Waals surface area (Å²) < 4.78 is 37.7. The number of rotatable bonds is 0. The minimum atomic E-state index is -4.69. The summed E-state index contributed by atoms with van der Waals surface area (Å²) in [5.74, 6) is 0. The first-order chi connectivity index (χ1) is 7.91. The number of carbonyl (C=O) groups is 1. The monoisotopic (exact) mass is 310 g/mol. The lowest BCUT2D eigenvalue weighted by molar-refractivity contribution is -0.141. The van der Waals surface area contributed by atoms with Crippen LogP contribution in [0.4, 0.5) is 18.0 Å². The van der Waals surface area contributed by atoms with E-state index in [2.05, 4.69) is 36.6 Å². The topological polar surface area (TPSA) is 78.5 Å². The largest absolute Gasteiger partial charge is 0.437 e. The van der Waals surface area contributed by atoms with Crippen molar-refractivity contribution in [2.45, 2.75) is 6.18 Å². The van der Waals surface area contributed by atoms with E-state index in [1.807, 2.05) is 0 Å². The molecule has 0 N–H and O–H groups in total. The predicted octanol–water partition coefficient (Wildman–Crippen LogP) is 1.17. The number of nitrogens with zero attached hydrogens (tertiary/aromatic N) is 6. The summed E-state index contributed by atoms with van der Waals surface area (Å²) in [6.45, 7) is 0. The van der Waals surface area contributed by atoms with Crippen LogP contribution in [0.3, 0.4) is 0 Å². The Balaban J connectivity index is 2.42. The molecular formula is C6H2BrF3N6O. The van der Waals surface area contributed by atoms with Gasteiger partial charge in [0.2, 0.25) is 5.69 Å². The third kappa shape index (κ3) is 2.05. The van der Waals surface area contributed by atoms with Crippen molar-refractivity contribution in [3.8, 4) is 0 Å². The molecule has 0 saturated carbocycles. The van der Waals surface area contributed by atoms with Crippen LogP contribution in [0.15, 0.2) is 17.0 Å². The molecule has 11 heteroatoms. The lowest BCUT2D eigenvalue weighted by Crippen LogP contribution is -2.22. The molecule has 0 aliphatic rings. The first-order valence-electron chi connectivity index (χ1n) is 4.00. The van der Waals surface area contributed by atoms with E-state index in [-0.39, 0.29) is 0 Å². The van der Waals surface area contributed by atoms with E-state index in [1.165, 1.54) is 12.4 Å². The fourth-order valence-corrected chi connectivity index (χ4v) is 1.50. The molecule has 2 aromatic rings. The smallest absolute Gasteiger partial charge is 0.243 e. The third-order valence-electron chi connectivity index (χ3n) is 1.68. The Bertz CT molecular complexity index is 547. The summed E-state index contributed by atoms with van der Waals surface area (Å²) in [6.07, 6.45) is -2.32. The quantitative estimate of drug-likeness (QED) is 0.730. The van der Waals surface area contributed by atoms with Crippen molar-refractivity contribution >= 4 is 22.0 Å². The summed E-state index contributed by atoms with van der Waals surface area (Å²) in [5, 5.41) is 12.7. The van der Waals surface area contributed by atoms with Gasteiger partial charge in [0.15, 0.2) is 0 Å². The van der Waals surface area contributed by atoms with Crippen molar-refractivity contribution in [3.63, 3.8) is 0 Å². The van der Waals surface area contributed by atoms with Crippen LogP contribution in [0.1, 0.15) is 5.69 Å². The number of alkyl halides is 3. The van der Waals surface area contributed by atoms with Crippen molar-refractivity contribution in [1.82, 2.24) is 30.0 Å². The molecule has 17 heavy (non-hydrogen) atoms. The maximum Gasteiger partial charge on any atom is 0.437 e. The molecule has 0 fully saturated rings. The number of aromatic nitrogens is 6. The lowest BCUT2D eigenvalue weighted by atomic mass is 10.5. The van der Waals surface area contributed by atoms with Gasteiger partial charge >= 0.3 is 12.2 Å². The molecule has 0 spiro atoms. The molecule has 2 heterocycles. The van der Waals surface area contributed by atoms with Crippen molar-refractivity contribution in [3.05, 3.63) is 22.7 Å². The minimum Gasteiger partial charge on any atom is -0.243 e. The first kappa shape index (κ1) is 11.7. The third-order valence-corrected chi connectivity index (χ3v) is 2.40. The van der Waals surface area contributed by atoms with Gasteiger partial charge in [-0.3, -0.25) is 0 Å². The van der Waals surface area contributed by atoms with Gasteiger partial charge in [-0.25, -0.2) is 4.79 Å². The highest BCUT2D eigenvalue weighted by Crippen LogP contribution is 2.32. The summed E-state index contributed by atoms with van der Waals surface area (Å²) in [7, 11) is 0. The van der Waals surface area contributed by atoms with Crippen LogP contribution in [-0.4, -0.2) is 36.0 Å². The van der Waals surface area contributed by atoms with Crippen LogP contribution in [0, 0.1) is 0 Å². The van der Waals surface area contributed by atoms with Crippen LogP contribution in [0.25, 0.3) is 0 Å². The second kappa shape index (κ2) is 3.91. The van der Waals surface area contributed by atoms with E-state index < -0.39 is 22.5 Å². The lowest BCUT2D eigenvalue weighted by Gasteiger charge is -2.02. The number of hydrogen-bond donors (Lipinski definition) is 0. The van der Waals surface area contributed by atoms with Gasteiger partial charge in [-0.1, -0.05) is 10.4 Å². The molecule has 0 bridgehead atoms. The van der Waals surface area contributed by atoms with Gasteiger partial charge in [0.1, 0.15) is 4.60 Å². The molecule has 0 saturated heterocycles. The predicted molar refractivity (Wildman–Crippen MR) is 48.9 cm³/mol. The van der Waals surface area contributed by atoms with Gasteiger partial charge in [0.25, 0.3) is 0 Å². The number of halogens is 4. The average Bonchev–Trinajstić information content (AvgIpc) is 2.83. The van der Waals surface area contributed by atoms with Crippen molar-refractivity contribution in [2.24, 2.45) is 0 Å². The second-order valence-electron chi connectivity index (χ2n) is 2.77. The number of hydrogen-bond acceptors (Lipinski definition) is 5. The summed E-state index contributed by atoms with van der Waals surface area (Å²) in [6, 6.07) is -0.933. The Labute approximate surface area is 99.3 Å². The number of carbonyl (C=O) groups excluding carboxylic acids is 1. The molecule has 0 aromatic carbocycles. The van der Waals surface area contributed by atoms with Gasteiger partial charge in [-0.2, -0.15) is 22.5 Å². The fraction of sp³-hybridized carbons (Fsp3) is 0.167. The highest BCUT2D eigenvalue weighted by atomic mass is 79.9. The van der Waals surface area contributed by atoms with E-state index in [1.54, 1.807) is 0 Å². The Morgan fingerprint density at radius 1 is 1.35 bits per heavy atom. The van der Waals surface area contributed by atoms with Crippen LogP contribution in [-0.2, 0) is 6.18 Å². The SMILES string of the molecule is O=C(n1ccnn1)n1nnc(C(F)(F)F)c1Br. The van der Waals surface area contributed by atoms with E-state index in [4.69, 9.17) is 0 Å². The first-order valence-corrected chi connectivity index (χ1v) is 4.80. The maximum atomic E-state index is 12.4. The fourth-order valence-electron chi connectivity index (χ4n) is 0.973. The maximum absolute atomic E-state index is 12.4. The molecule has 90 valence electrons. The average molecular weight is 311 g/mol. The second-order valence-corrected chi connectivity index (χ2v) is 3.52. The van der Waals surface area contributed by atoms with Gasteiger partial charge in [-0.05, 0) is 15.9 Å². The van der Waals surface area contributed by atoms with E-state index in [0.29, 0.717) is 4.68 Å². The Morgan fingerprint density at radius 2 is 2.06 bits per heavy atom. The highest BCUT2D eigenvalue weighted by molar-refractivity contribution is 9.10. The van der Waals surface area contributed by atoms with E-state index in [0.717, 1.165) is 4.68 Å². The zero-order chi connectivity index (χ0) is 12.6. The molecule has 0 radical (unpaired) electrons. The molecule has 2 rings (SSSR count). The van der Waals surface area contributed by atoms with Gasteiger partial charge < -0.3 is 0 Å². The Kier molecular flexibility index (Phi) is 2.69. The molecule has 0 amide bonds. The van der Waals surface area contributed by atoms with Crippen molar-refractivity contribution < 1.29 is 18.0 Å². The van der Waals surface area contributed by atoms with Crippen molar-refractivity contribution in [1.29, 1.82) is 0 Å². The van der Waals surface area contributed by atoms with E-state index >= 15 is 0 Å². The van der Waals surface area contributed by atoms with Gasteiger partial charge in [-0.15, -0.1) is 10.2 Å². The zero-order valence-electron chi connectivity index (χ0n) is 7.76. The molecule has 0 unspecified atom stereocenters. The van der Waals surface area contributed by atoms with Gasteiger partial charge in [0.05, 0.1) is 12.4 Å². The molecule has 0 atom stereocenters. The van der Waals surface area contributed by atoms with Crippen LogP contribution in [0.2, 0.25) is 0 Å². The normalized spacial score (nSPS) is 11.8. The molecular weight excluding hydrogens is 309 g/mol.